The number of aromatic nitrogens is 2. The number of hydrogen-bond donors (Lipinski definition) is 0. The van der Waals surface area contributed by atoms with Crippen LogP contribution in [0.3, 0.4) is 0 Å². The van der Waals surface area contributed by atoms with Crippen LogP contribution < -0.4 is 18.9 Å². The molecule has 4 aromatic rings. The summed E-state index contributed by atoms with van der Waals surface area (Å²) < 4.78 is 23.6. The molecule has 0 fully saturated rings. The van der Waals surface area contributed by atoms with Crippen LogP contribution in [0, 0.1) is 0 Å². The molecular formula is C30H30N2O4. The summed E-state index contributed by atoms with van der Waals surface area (Å²) >= 11 is 0. The lowest BCUT2D eigenvalue weighted by Crippen LogP contribution is -2.05. The number of nitrogens with zero attached hydrogens (tertiary/aromatic N) is 2. The molecule has 3 aliphatic rings. The number of rotatable bonds is 0. The Bertz CT molecular complexity index is 1140. The van der Waals surface area contributed by atoms with Gasteiger partial charge in [0.25, 0.3) is 0 Å². The normalized spacial score (nSPS) is 14.7. The Morgan fingerprint density at radius 1 is 0.444 bits per heavy atom. The predicted molar refractivity (Wildman–Crippen MR) is 139 cm³/mol. The van der Waals surface area contributed by atoms with Crippen molar-refractivity contribution in [3.05, 3.63) is 96.1 Å². The summed E-state index contributed by atoms with van der Waals surface area (Å²) in [4.78, 5) is 9.28. The molecule has 3 aliphatic heterocycles. The molecule has 2 aromatic heterocycles. The molecule has 6 heteroatoms. The van der Waals surface area contributed by atoms with Crippen LogP contribution in [0.2, 0.25) is 0 Å². The molecular weight excluding hydrogens is 452 g/mol. The summed E-state index contributed by atoms with van der Waals surface area (Å²) in [7, 11) is 0. The van der Waals surface area contributed by atoms with Crippen LogP contribution >= 0.6 is 0 Å². The number of ether oxygens (including phenoxy) is 4. The SMILES string of the molecule is c1cc2nc(c1)-c1cccc(n1)OCCc1ccc(cc1)OCCCCOc1ccc(cc1)CCO2. The topological polar surface area (TPSA) is 62.7 Å². The Morgan fingerprint density at radius 3 is 1.33 bits per heavy atom. The number of pyridine rings is 2. The predicted octanol–water partition coefficient (Wildman–Crippen LogP) is 5.94. The second-order valence-electron chi connectivity index (χ2n) is 8.61. The minimum atomic E-state index is 0.536. The molecule has 7 rings (SSSR count). The van der Waals surface area contributed by atoms with E-state index >= 15 is 0 Å². The zero-order valence-electron chi connectivity index (χ0n) is 20.3. The Labute approximate surface area is 211 Å². The van der Waals surface area contributed by atoms with Gasteiger partial charge in [0, 0.05) is 25.0 Å². The maximum atomic E-state index is 5.93. The lowest BCUT2D eigenvalue weighted by molar-refractivity contribution is 0.266. The van der Waals surface area contributed by atoms with Gasteiger partial charge in [-0.15, -0.1) is 0 Å². The number of benzene rings is 2. The molecule has 6 nitrogen and oxygen atoms in total. The summed E-state index contributed by atoms with van der Waals surface area (Å²) in [5.74, 6) is 2.92. The highest BCUT2D eigenvalue weighted by Gasteiger charge is 2.07. The van der Waals surface area contributed by atoms with E-state index in [9.17, 15) is 0 Å². The second kappa shape index (κ2) is 12.1. The van der Waals surface area contributed by atoms with Crippen molar-refractivity contribution in [2.75, 3.05) is 26.4 Å². The third-order valence-corrected chi connectivity index (χ3v) is 5.91. The van der Waals surface area contributed by atoms with Gasteiger partial charge in [-0.2, -0.15) is 0 Å². The van der Waals surface area contributed by atoms with Crippen molar-refractivity contribution in [3.8, 4) is 34.6 Å². The second-order valence-corrected chi connectivity index (χ2v) is 8.61. The van der Waals surface area contributed by atoms with Crippen molar-refractivity contribution in [2.24, 2.45) is 0 Å². The average Bonchev–Trinajstić information content (AvgIpc) is 2.92. The first kappa shape index (κ1) is 23.7. The van der Waals surface area contributed by atoms with Crippen molar-refractivity contribution < 1.29 is 18.9 Å². The van der Waals surface area contributed by atoms with Gasteiger partial charge in [0.05, 0.1) is 37.8 Å². The molecule has 184 valence electrons. The van der Waals surface area contributed by atoms with Crippen LogP contribution in [0.15, 0.2) is 84.9 Å². The third-order valence-electron chi connectivity index (χ3n) is 5.91. The average molecular weight is 483 g/mol. The molecule has 5 heterocycles. The fourth-order valence-corrected chi connectivity index (χ4v) is 3.91. The van der Waals surface area contributed by atoms with Crippen molar-refractivity contribution >= 4 is 0 Å². The molecule has 0 saturated heterocycles. The van der Waals surface area contributed by atoms with Crippen LogP contribution in [0.1, 0.15) is 24.0 Å². The Hall–Kier alpha value is -4.06. The van der Waals surface area contributed by atoms with E-state index < -0.39 is 0 Å². The van der Waals surface area contributed by atoms with E-state index in [4.69, 9.17) is 18.9 Å². The van der Waals surface area contributed by atoms with E-state index in [0.29, 0.717) is 38.2 Å². The minimum absolute atomic E-state index is 0.536. The molecule has 0 atom stereocenters. The number of hydrogen-bond acceptors (Lipinski definition) is 6. The van der Waals surface area contributed by atoms with Gasteiger partial charge in [-0.3, -0.25) is 0 Å². The van der Waals surface area contributed by atoms with Crippen LogP contribution in [0.4, 0.5) is 0 Å². The van der Waals surface area contributed by atoms with E-state index in [2.05, 4.69) is 34.2 Å². The van der Waals surface area contributed by atoms with Crippen molar-refractivity contribution in [2.45, 2.75) is 25.7 Å². The van der Waals surface area contributed by atoms with Gasteiger partial charge in [-0.1, -0.05) is 36.4 Å². The van der Waals surface area contributed by atoms with Crippen LogP contribution in [-0.2, 0) is 12.8 Å². The molecule has 0 aliphatic carbocycles. The molecule has 8 bridgehead atoms. The maximum Gasteiger partial charge on any atom is 0.213 e. The highest BCUT2D eigenvalue weighted by Crippen LogP contribution is 2.21. The van der Waals surface area contributed by atoms with Gasteiger partial charge in [0.2, 0.25) is 11.8 Å². The Morgan fingerprint density at radius 2 is 0.889 bits per heavy atom. The van der Waals surface area contributed by atoms with Gasteiger partial charge >= 0.3 is 0 Å². The van der Waals surface area contributed by atoms with Gasteiger partial charge < -0.3 is 18.9 Å². The zero-order chi connectivity index (χ0) is 24.4. The molecule has 36 heavy (non-hydrogen) atoms. The summed E-state index contributed by atoms with van der Waals surface area (Å²) in [6.45, 7) is 2.41. The van der Waals surface area contributed by atoms with E-state index in [1.165, 1.54) is 11.1 Å². The molecule has 0 spiro atoms. The fourth-order valence-electron chi connectivity index (χ4n) is 3.91. The van der Waals surface area contributed by atoms with Gasteiger partial charge in [-0.25, -0.2) is 9.97 Å². The molecule has 0 radical (unpaired) electrons. The van der Waals surface area contributed by atoms with Crippen molar-refractivity contribution in [3.63, 3.8) is 0 Å². The molecule has 2 aromatic carbocycles. The molecule has 0 saturated carbocycles. The van der Waals surface area contributed by atoms with Crippen LogP contribution in [-0.4, -0.2) is 36.4 Å². The van der Waals surface area contributed by atoms with Crippen molar-refractivity contribution in [1.29, 1.82) is 0 Å². The molecule has 0 unspecified atom stereocenters. The number of fused-ring (bicyclic) bond motifs is 2. The van der Waals surface area contributed by atoms with Gasteiger partial charge in [-0.05, 0) is 60.4 Å². The quantitative estimate of drug-likeness (QED) is 0.309. The third kappa shape index (κ3) is 6.75. The first-order valence-corrected chi connectivity index (χ1v) is 12.5. The lowest BCUT2D eigenvalue weighted by Gasteiger charge is -2.11. The smallest absolute Gasteiger partial charge is 0.213 e. The molecule has 0 N–H and O–H groups in total. The maximum absolute atomic E-state index is 5.93. The summed E-state index contributed by atoms with van der Waals surface area (Å²) in [5, 5.41) is 0. The first-order valence-electron chi connectivity index (χ1n) is 12.5. The monoisotopic (exact) mass is 482 g/mol. The first-order chi connectivity index (χ1) is 17.8. The summed E-state index contributed by atoms with van der Waals surface area (Å²) in [5.41, 5.74) is 3.87. The van der Waals surface area contributed by atoms with E-state index in [0.717, 1.165) is 48.6 Å². The van der Waals surface area contributed by atoms with Gasteiger partial charge in [0.15, 0.2) is 0 Å². The Balaban J connectivity index is 1.30. The van der Waals surface area contributed by atoms with E-state index in [1.54, 1.807) is 0 Å². The standard InChI is InChI=1S/C30H30N2O4/c1-2-20-34-26-15-11-24(12-16-26)18-22-36-30-8-4-6-28(32-30)27-5-3-7-29(31-27)35-21-17-23-9-13-25(14-10-23)33-19-1/h3-16H,1-2,17-22H2. The molecule has 0 amide bonds. The summed E-state index contributed by atoms with van der Waals surface area (Å²) in [6, 6.07) is 27.8. The van der Waals surface area contributed by atoms with Crippen LogP contribution in [0.25, 0.3) is 11.4 Å². The van der Waals surface area contributed by atoms with Gasteiger partial charge in [0.1, 0.15) is 11.5 Å². The zero-order valence-corrected chi connectivity index (χ0v) is 20.3. The van der Waals surface area contributed by atoms with E-state index in [1.807, 2.05) is 60.7 Å². The fraction of sp³-hybridized carbons (Fsp3) is 0.267. The largest absolute Gasteiger partial charge is 0.494 e. The van der Waals surface area contributed by atoms with E-state index in [-0.39, 0.29) is 0 Å². The Kier molecular flexibility index (Phi) is 7.93. The highest BCUT2D eigenvalue weighted by molar-refractivity contribution is 5.55. The van der Waals surface area contributed by atoms with Crippen molar-refractivity contribution in [1.82, 2.24) is 9.97 Å². The highest BCUT2D eigenvalue weighted by atomic mass is 16.5. The summed E-state index contributed by atoms with van der Waals surface area (Å²) in [6.07, 6.45) is 3.44. The minimum Gasteiger partial charge on any atom is -0.494 e. The van der Waals surface area contributed by atoms with Crippen LogP contribution in [0.5, 0.6) is 23.3 Å². The lowest BCUT2D eigenvalue weighted by atomic mass is 10.1.